The number of phenols is 1. The molecule has 0 spiro atoms. The van der Waals surface area contributed by atoms with Crippen molar-refractivity contribution in [3.05, 3.63) is 42.7 Å². The standard InChI is InChI=1S/C12H10N2O3/c15-9-3-1-8(2-4-9)10-5-6-13-7-11(10)14-12(16)17/h1-7,14-15H,(H,16,17). The zero-order valence-corrected chi connectivity index (χ0v) is 8.79. The fourth-order valence-electron chi connectivity index (χ4n) is 1.50. The molecule has 2 aromatic rings. The van der Waals surface area contributed by atoms with Gasteiger partial charge in [0.25, 0.3) is 0 Å². The molecule has 0 fully saturated rings. The second-order valence-electron chi connectivity index (χ2n) is 3.40. The van der Waals surface area contributed by atoms with Crippen molar-refractivity contribution in [2.24, 2.45) is 0 Å². The van der Waals surface area contributed by atoms with Gasteiger partial charge in [0.05, 0.1) is 11.9 Å². The summed E-state index contributed by atoms with van der Waals surface area (Å²) < 4.78 is 0. The molecular formula is C12H10N2O3. The van der Waals surface area contributed by atoms with Gasteiger partial charge in [-0.05, 0) is 23.8 Å². The van der Waals surface area contributed by atoms with Crippen molar-refractivity contribution in [3.63, 3.8) is 0 Å². The Morgan fingerprint density at radius 3 is 2.53 bits per heavy atom. The minimum Gasteiger partial charge on any atom is -0.508 e. The van der Waals surface area contributed by atoms with E-state index in [4.69, 9.17) is 5.11 Å². The summed E-state index contributed by atoms with van der Waals surface area (Å²) >= 11 is 0. The highest BCUT2D eigenvalue weighted by Crippen LogP contribution is 2.28. The number of nitrogens with zero attached hydrogens (tertiary/aromatic N) is 1. The molecule has 1 heterocycles. The van der Waals surface area contributed by atoms with E-state index in [9.17, 15) is 9.90 Å². The number of aromatic nitrogens is 1. The summed E-state index contributed by atoms with van der Waals surface area (Å²) in [5.74, 6) is 0.163. The van der Waals surface area contributed by atoms with Crippen LogP contribution in [0.5, 0.6) is 5.75 Å². The van der Waals surface area contributed by atoms with Gasteiger partial charge < -0.3 is 10.2 Å². The third kappa shape index (κ3) is 2.52. The van der Waals surface area contributed by atoms with E-state index in [1.165, 1.54) is 6.20 Å². The van der Waals surface area contributed by atoms with Crippen molar-refractivity contribution in [1.82, 2.24) is 4.98 Å². The molecule has 17 heavy (non-hydrogen) atoms. The Kier molecular flexibility index (Phi) is 2.91. The average Bonchev–Trinajstić information content (AvgIpc) is 2.30. The van der Waals surface area contributed by atoms with Gasteiger partial charge in [0.1, 0.15) is 5.75 Å². The molecule has 0 unspecified atom stereocenters. The first kappa shape index (κ1) is 10.9. The van der Waals surface area contributed by atoms with Gasteiger partial charge in [-0.1, -0.05) is 12.1 Å². The van der Waals surface area contributed by atoms with Crippen LogP contribution < -0.4 is 5.32 Å². The maximum absolute atomic E-state index is 10.6. The Morgan fingerprint density at radius 1 is 1.18 bits per heavy atom. The van der Waals surface area contributed by atoms with E-state index < -0.39 is 6.09 Å². The molecule has 0 saturated carbocycles. The molecular weight excluding hydrogens is 220 g/mol. The van der Waals surface area contributed by atoms with Gasteiger partial charge in [-0.3, -0.25) is 10.3 Å². The van der Waals surface area contributed by atoms with E-state index in [0.29, 0.717) is 11.3 Å². The van der Waals surface area contributed by atoms with Crippen molar-refractivity contribution in [2.75, 3.05) is 5.32 Å². The molecule has 0 saturated heterocycles. The van der Waals surface area contributed by atoms with E-state index >= 15 is 0 Å². The molecule has 1 aromatic heterocycles. The second-order valence-corrected chi connectivity index (χ2v) is 3.40. The van der Waals surface area contributed by atoms with Crippen LogP contribution in [0.4, 0.5) is 10.5 Å². The van der Waals surface area contributed by atoms with E-state index in [2.05, 4.69) is 10.3 Å². The summed E-state index contributed by atoms with van der Waals surface area (Å²) in [6.45, 7) is 0. The molecule has 5 nitrogen and oxygen atoms in total. The van der Waals surface area contributed by atoms with Crippen LogP contribution in [-0.2, 0) is 0 Å². The molecule has 0 aliphatic carbocycles. The SMILES string of the molecule is O=C(O)Nc1cnccc1-c1ccc(O)cc1. The van der Waals surface area contributed by atoms with Crippen molar-refractivity contribution < 1.29 is 15.0 Å². The monoisotopic (exact) mass is 230 g/mol. The minimum absolute atomic E-state index is 0.163. The first-order valence-electron chi connectivity index (χ1n) is 4.90. The predicted octanol–water partition coefficient (Wildman–Crippen LogP) is 2.54. The highest BCUT2D eigenvalue weighted by atomic mass is 16.4. The number of benzene rings is 1. The molecule has 0 radical (unpaired) electrons. The van der Waals surface area contributed by atoms with Gasteiger partial charge in [-0.25, -0.2) is 4.79 Å². The number of anilines is 1. The quantitative estimate of drug-likeness (QED) is 0.740. The van der Waals surface area contributed by atoms with Crippen LogP contribution >= 0.6 is 0 Å². The van der Waals surface area contributed by atoms with Crippen LogP contribution in [-0.4, -0.2) is 21.3 Å². The molecule has 0 aliphatic rings. The maximum atomic E-state index is 10.6. The second kappa shape index (κ2) is 4.52. The fourth-order valence-corrected chi connectivity index (χ4v) is 1.50. The molecule has 1 aromatic carbocycles. The summed E-state index contributed by atoms with van der Waals surface area (Å²) in [4.78, 5) is 14.5. The van der Waals surface area contributed by atoms with Crippen LogP contribution in [0.3, 0.4) is 0 Å². The molecule has 86 valence electrons. The first-order chi connectivity index (χ1) is 8.16. The van der Waals surface area contributed by atoms with Crippen molar-refractivity contribution in [1.29, 1.82) is 0 Å². The van der Waals surface area contributed by atoms with Crippen molar-refractivity contribution in [2.45, 2.75) is 0 Å². The normalized spacial score (nSPS) is 9.88. The lowest BCUT2D eigenvalue weighted by Gasteiger charge is -2.08. The lowest BCUT2D eigenvalue weighted by atomic mass is 10.1. The number of amides is 1. The van der Waals surface area contributed by atoms with Gasteiger partial charge in [-0.2, -0.15) is 0 Å². The van der Waals surface area contributed by atoms with Crippen LogP contribution in [0.2, 0.25) is 0 Å². The largest absolute Gasteiger partial charge is 0.508 e. The Morgan fingerprint density at radius 2 is 1.88 bits per heavy atom. The predicted molar refractivity (Wildman–Crippen MR) is 63.0 cm³/mol. The van der Waals surface area contributed by atoms with Crippen LogP contribution in [0, 0.1) is 0 Å². The fraction of sp³-hybridized carbons (Fsp3) is 0. The molecule has 0 bridgehead atoms. The van der Waals surface area contributed by atoms with Gasteiger partial charge in [0.2, 0.25) is 0 Å². The molecule has 5 heteroatoms. The van der Waals surface area contributed by atoms with E-state index in [1.807, 2.05) is 0 Å². The average molecular weight is 230 g/mol. The van der Waals surface area contributed by atoms with Crippen molar-refractivity contribution >= 4 is 11.8 Å². The Balaban J connectivity index is 2.44. The maximum Gasteiger partial charge on any atom is 0.409 e. The zero-order valence-electron chi connectivity index (χ0n) is 8.79. The topological polar surface area (TPSA) is 82.5 Å². The Bertz CT molecular complexity index is 538. The summed E-state index contributed by atoms with van der Waals surface area (Å²) in [5.41, 5.74) is 1.92. The molecule has 0 aliphatic heterocycles. The van der Waals surface area contributed by atoms with Gasteiger partial charge in [0.15, 0.2) is 0 Å². The van der Waals surface area contributed by atoms with Crippen LogP contribution in [0.1, 0.15) is 0 Å². The molecule has 3 N–H and O–H groups in total. The highest BCUT2D eigenvalue weighted by Gasteiger charge is 2.07. The number of hydrogen-bond acceptors (Lipinski definition) is 3. The summed E-state index contributed by atoms with van der Waals surface area (Å²) in [5, 5.41) is 20.2. The van der Waals surface area contributed by atoms with E-state index in [-0.39, 0.29) is 5.75 Å². The zero-order chi connectivity index (χ0) is 12.3. The Labute approximate surface area is 97.4 Å². The number of pyridine rings is 1. The van der Waals surface area contributed by atoms with Crippen LogP contribution in [0.15, 0.2) is 42.7 Å². The van der Waals surface area contributed by atoms with Crippen molar-refractivity contribution in [3.8, 4) is 16.9 Å². The summed E-state index contributed by atoms with van der Waals surface area (Å²) in [6, 6.07) is 8.20. The van der Waals surface area contributed by atoms with E-state index in [1.54, 1.807) is 36.5 Å². The molecule has 2 rings (SSSR count). The number of carboxylic acid groups (broad SMARTS) is 1. The lowest BCUT2D eigenvalue weighted by Crippen LogP contribution is -2.08. The van der Waals surface area contributed by atoms with Crippen LogP contribution in [0.25, 0.3) is 11.1 Å². The molecule has 0 atom stereocenters. The minimum atomic E-state index is -1.14. The number of rotatable bonds is 2. The van der Waals surface area contributed by atoms with Gasteiger partial charge in [-0.15, -0.1) is 0 Å². The third-order valence-corrected chi connectivity index (χ3v) is 2.24. The summed E-state index contributed by atoms with van der Waals surface area (Å²) in [7, 11) is 0. The number of phenolic OH excluding ortho intramolecular Hbond substituents is 1. The highest BCUT2D eigenvalue weighted by molar-refractivity contribution is 5.90. The smallest absolute Gasteiger partial charge is 0.409 e. The lowest BCUT2D eigenvalue weighted by molar-refractivity contribution is 0.209. The molecule has 1 amide bonds. The Hall–Kier alpha value is -2.56. The number of carbonyl (C=O) groups is 1. The summed E-state index contributed by atoms with van der Waals surface area (Å²) in [6.07, 6.45) is 1.88. The first-order valence-corrected chi connectivity index (χ1v) is 4.90. The number of aromatic hydroxyl groups is 1. The van der Waals surface area contributed by atoms with Gasteiger partial charge in [0, 0.05) is 11.8 Å². The number of nitrogens with one attached hydrogen (secondary N) is 1. The number of hydrogen-bond donors (Lipinski definition) is 3. The third-order valence-electron chi connectivity index (χ3n) is 2.24. The van der Waals surface area contributed by atoms with E-state index in [0.717, 1.165) is 5.56 Å². The van der Waals surface area contributed by atoms with Gasteiger partial charge >= 0.3 is 6.09 Å².